The van der Waals surface area contributed by atoms with Gasteiger partial charge in [-0.1, -0.05) is 23.4 Å². The Labute approximate surface area is 184 Å². The first-order valence-electron chi connectivity index (χ1n) is 9.68. The lowest BCUT2D eigenvalue weighted by Crippen LogP contribution is -2.52. The van der Waals surface area contributed by atoms with Crippen LogP contribution >= 0.6 is 24.0 Å². The van der Waals surface area contributed by atoms with Gasteiger partial charge in [-0.05, 0) is 19.1 Å². The molecule has 1 saturated heterocycles. The van der Waals surface area contributed by atoms with Gasteiger partial charge in [-0.25, -0.2) is 0 Å². The number of hydrogen-bond acceptors (Lipinski definition) is 5. The summed E-state index contributed by atoms with van der Waals surface area (Å²) in [7, 11) is 0. The van der Waals surface area contributed by atoms with E-state index in [1.165, 1.54) is 0 Å². The number of piperazine rings is 1. The van der Waals surface area contributed by atoms with Crippen molar-refractivity contribution >= 4 is 29.9 Å². The Morgan fingerprint density at radius 2 is 1.96 bits per heavy atom. The molecule has 7 nitrogen and oxygen atoms in total. The van der Waals surface area contributed by atoms with Gasteiger partial charge in [-0.3, -0.25) is 9.89 Å². The smallest absolute Gasteiger partial charge is 0.194 e. The molecule has 0 saturated carbocycles. The van der Waals surface area contributed by atoms with E-state index in [9.17, 15) is 0 Å². The third-order valence-corrected chi connectivity index (χ3v) is 4.46. The Kier molecular flexibility index (Phi) is 10.1. The highest BCUT2D eigenvalue weighted by Gasteiger charge is 2.20. The van der Waals surface area contributed by atoms with Crippen LogP contribution in [-0.4, -0.2) is 66.8 Å². The summed E-state index contributed by atoms with van der Waals surface area (Å²) in [6.07, 6.45) is 2.53. The summed E-state index contributed by atoms with van der Waals surface area (Å²) in [5.74, 6) is 1.91. The topological polar surface area (TPSA) is 66.1 Å². The van der Waals surface area contributed by atoms with E-state index in [0.717, 1.165) is 69.6 Å². The fraction of sp³-hybridized carbons (Fsp3) is 0.500. The summed E-state index contributed by atoms with van der Waals surface area (Å²) < 4.78 is 10.6. The Hall–Kier alpha value is -1.81. The van der Waals surface area contributed by atoms with Gasteiger partial charge in [-0.15, -0.1) is 24.0 Å². The lowest BCUT2D eigenvalue weighted by atomic mass is 10.3. The van der Waals surface area contributed by atoms with Crippen molar-refractivity contribution in [2.24, 2.45) is 4.99 Å². The molecule has 1 fully saturated rings. The van der Waals surface area contributed by atoms with Gasteiger partial charge in [0.1, 0.15) is 12.0 Å². The third-order valence-electron chi connectivity index (χ3n) is 4.46. The van der Waals surface area contributed by atoms with Crippen LogP contribution in [0.15, 0.2) is 52.2 Å². The van der Waals surface area contributed by atoms with Gasteiger partial charge in [0, 0.05) is 58.3 Å². The molecule has 1 aromatic heterocycles. The molecule has 154 valence electrons. The minimum atomic E-state index is 0. The molecule has 0 atom stereocenters. The van der Waals surface area contributed by atoms with Crippen LogP contribution < -0.4 is 10.1 Å². The highest BCUT2D eigenvalue weighted by Crippen LogP contribution is 2.09. The van der Waals surface area contributed by atoms with Crippen LogP contribution in [-0.2, 0) is 6.54 Å². The summed E-state index contributed by atoms with van der Waals surface area (Å²) in [5, 5.41) is 7.41. The van der Waals surface area contributed by atoms with Crippen LogP contribution in [0, 0.1) is 0 Å². The van der Waals surface area contributed by atoms with E-state index in [1.807, 2.05) is 36.4 Å². The largest absolute Gasteiger partial charge is 0.494 e. The number of rotatable bonds is 8. The highest BCUT2D eigenvalue weighted by atomic mass is 127. The number of para-hydroxylation sites is 1. The molecule has 2 aromatic rings. The van der Waals surface area contributed by atoms with Crippen molar-refractivity contribution in [2.45, 2.75) is 19.9 Å². The first-order chi connectivity index (χ1) is 13.3. The minimum absolute atomic E-state index is 0. The Bertz CT molecular complexity index is 673. The van der Waals surface area contributed by atoms with E-state index in [4.69, 9.17) is 14.3 Å². The van der Waals surface area contributed by atoms with Gasteiger partial charge in [0.15, 0.2) is 5.96 Å². The Morgan fingerprint density at radius 1 is 1.18 bits per heavy atom. The second kappa shape index (κ2) is 12.6. The van der Waals surface area contributed by atoms with Crippen molar-refractivity contribution in [3.63, 3.8) is 0 Å². The van der Waals surface area contributed by atoms with E-state index >= 15 is 0 Å². The fourth-order valence-corrected chi connectivity index (χ4v) is 3.05. The standard InChI is InChI=1S/C20H29N5O2.HI/c1-2-21-20(22-10-6-15-26-19-7-4-3-5-8-19)25-13-11-24(12-14-25)17-18-9-16-27-23-18;/h3-5,7-9,16H,2,6,10-15,17H2,1H3,(H,21,22);1H. The normalized spacial score (nSPS) is 15.2. The van der Waals surface area contributed by atoms with Gasteiger partial charge in [0.05, 0.1) is 12.3 Å². The molecule has 1 aliphatic rings. The van der Waals surface area contributed by atoms with Crippen LogP contribution in [0.1, 0.15) is 19.0 Å². The van der Waals surface area contributed by atoms with Crippen molar-refractivity contribution in [3.8, 4) is 5.75 Å². The van der Waals surface area contributed by atoms with Crippen molar-refractivity contribution < 1.29 is 9.26 Å². The average molecular weight is 499 g/mol. The molecule has 8 heteroatoms. The van der Waals surface area contributed by atoms with Crippen LogP contribution in [0.4, 0.5) is 0 Å². The Balaban J connectivity index is 0.00000280. The van der Waals surface area contributed by atoms with Crippen LogP contribution in [0.3, 0.4) is 0 Å². The number of nitrogens with zero attached hydrogens (tertiary/aromatic N) is 4. The zero-order valence-corrected chi connectivity index (χ0v) is 18.7. The predicted octanol–water partition coefficient (Wildman–Crippen LogP) is 2.84. The molecule has 0 radical (unpaired) electrons. The molecule has 1 aliphatic heterocycles. The zero-order chi connectivity index (χ0) is 18.7. The SMILES string of the molecule is CCNC(=NCCCOc1ccccc1)N1CCN(Cc2ccon2)CC1.I. The number of ether oxygens (including phenoxy) is 1. The van der Waals surface area contributed by atoms with Crippen molar-refractivity contribution in [3.05, 3.63) is 48.4 Å². The summed E-state index contributed by atoms with van der Waals surface area (Å²) in [4.78, 5) is 9.50. The lowest BCUT2D eigenvalue weighted by molar-refractivity contribution is 0.169. The van der Waals surface area contributed by atoms with E-state index < -0.39 is 0 Å². The van der Waals surface area contributed by atoms with Gasteiger partial charge in [0.2, 0.25) is 0 Å². The van der Waals surface area contributed by atoms with E-state index in [0.29, 0.717) is 6.61 Å². The summed E-state index contributed by atoms with van der Waals surface area (Å²) >= 11 is 0. The minimum Gasteiger partial charge on any atom is -0.494 e. The van der Waals surface area contributed by atoms with Crippen LogP contribution in [0.2, 0.25) is 0 Å². The highest BCUT2D eigenvalue weighted by molar-refractivity contribution is 14.0. The monoisotopic (exact) mass is 499 g/mol. The molecule has 0 spiro atoms. The number of benzene rings is 1. The average Bonchev–Trinajstić information content (AvgIpc) is 3.21. The number of guanidine groups is 1. The van der Waals surface area contributed by atoms with E-state index in [-0.39, 0.29) is 24.0 Å². The van der Waals surface area contributed by atoms with E-state index in [1.54, 1.807) is 6.26 Å². The molecule has 0 unspecified atom stereocenters. The number of aromatic nitrogens is 1. The molecule has 3 rings (SSSR count). The quantitative estimate of drug-likeness (QED) is 0.261. The summed E-state index contributed by atoms with van der Waals surface area (Å²) in [6, 6.07) is 11.8. The van der Waals surface area contributed by atoms with Crippen LogP contribution in [0.5, 0.6) is 5.75 Å². The maximum atomic E-state index is 5.73. The van der Waals surface area contributed by atoms with Gasteiger partial charge >= 0.3 is 0 Å². The molecule has 0 amide bonds. The number of nitrogens with one attached hydrogen (secondary N) is 1. The van der Waals surface area contributed by atoms with Gasteiger partial charge in [0.25, 0.3) is 0 Å². The van der Waals surface area contributed by atoms with Gasteiger partial charge in [-0.2, -0.15) is 0 Å². The van der Waals surface area contributed by atoms with Crippen LogP contribution in [0.25, 0.3) is 0 Å². The van der Waals surface area contributed by atoms with Crippen molar-refractivity contribution in [1.82, 2.24) is 20.3 Å². The van der Waals surface area contributed by atoms with E-state index in [2.05, 4.69) is 27.2 Å². The second-order valence-corrected chi connectivity index (χ2v) is 6.50. The fourth-order valence-electron chi connectivity index (χ4n) is 3.05. The summed E-state index contributed by atoms with van der Waals surface area (Å²) in [5.41, 5.74) is 0.988. The molecular formula is C20H30IN5O2. The predicted molar refractivity (Wildman–Crippen MR) is 121 cm³/mol. The molecule has 28 heavy (non-hydrogen) atoms. The van der Waals surface area contributed by atoms with Crippen molar-refractivity contribution in [1.29, 1.82) is 0 Å². The first-order valence-corrected chi connectivity index (χ1v) is 9.68. The van der Waals surface area contributed by atoms with Gasteiger partial charge < -0.3 is 19.5 Å². The molecule has 2 heterocycles. The number of hydrogen-bond donors (Lipinski definition) is 1. The molecular weight excluding hydrogens is 469 g/mol. The second-order valence-electron chi connectivity index (χ2n) is 6.50. The maximum Gasteiger partial charge on any atom is 0.194 e. The first kappa shape index (κ1) is 22.5. The van der Waals surface area contributed by atoms with Crippen molar-refractivity contribution in [2.75, 3.05) is 45.9 Å². The lowest BCUT2D eigenvalue weighted by Gasteiger charge is -2.36. The molecule has 0 bridgehead atoms. The number of halogens is 1. The third kappa shape index (κ3) is 7.31. The Morgan fingerprint density at radius 3 is 2.64 bits per heavy atom. The molecule has 0 aliphatic carbocycles. The number of aliphatic imine (C=N–C) groups is 1. The zero-order valence-electron chi connectivity index (χ0n) is 16.4. The molecule has 1 aromatic carbocycles. The molecule has 1 N–H and O–H groups in total. The summed E-state index contributed by atoms with van der Waals surface area (Å²) in [6.45, 7) is 9.17. The maximum absolute atomic E-state index is 5.73.